The fourth-order valence-corrected chi connectivity index (χ4v) is 5.21. The van der Waals surface area contributed by atoms with E-state index in [2.05, 4.69) is 42.3 Å². The van der Waals surface area contributed by atoms with Crippen LogP contribution in [0, 0.1) is 12.8 Å². The van der Waals surface area contributed by atoms with Crippen molar-refractivity contribution in [3.05, 3.63) is 46.2 Å². The molecule has 1 aromatic carbocycles. The zero-order valence-corrected chi connectivity index (χ0v) is 15.1. The molecule has 4 heterocycles. The summed E-state index contributed by atoms with van der Waals surface area (Å²) in [6.45, 7) is 6.73. The Balaban J connectivity index is 1.53. The largest absolute Gasteiger partial charge is 0.347 e. The minimum Gasteiger partial charge on any atom is -0.347 e. The predicted molar refractivity (Wildman–Crippen MR) is 99.5 cm³/mol. The summed E-state index contributed by atoms with van der Waals surface area (Å²) in [6.07, 6.45) is 2.43. The Kier molecular flexibility index (Phi) is 4.19. The molecule has 0 spiro atoms. The van der Waals surface area contributed by atoms with E-state index < -0.39 is 0 Å². The Morgan fingerprint density at radius 1 is 1.21 bits per heavy atom. The van der Waals surface area contributed by atoms with E-state index in [4.69, 9.17) is 0 Å². The number of rotatable bonds is 3. The van der Waals surface area contributed by atoms with Crippen molar-refractivity contribution < 1.29 is 4.79 Å². The van der Waals surface area contributed by atoms with Gasteiger partial charge in [-0.1, -0.05) is 30.3 Å². The van der Waals surface area contributed by atoms with Crippen molar-refractivity contribution in [2.75, 3.05) is 13.1 Å². The Morgan fingerprint density at radius 2 is 1.92 bits per heavy atom. The monoisotopic (exact) mass is 340 g/mol. The lowest BCUT2D eigenvalue weighted by Gasteiger charge is -2.49. The molecule has 3 fully saturated rings. The first-order valence-electron chi connectivity index (χ1n) is 8.84. The van der Waals surface area contributed by atoms with Gasteiger partial charge in [0.25, 0.3) is 5.91 Å². The highest BCUT2D eigenvalue weighted by Gasteiger charge is 2.40. The van der Waals surface area contributed by atoms with Gasteiger partial charge in [-0.3, -0.25) is 9.69 Å². The smallest absolute Gasteiger partial charge is 0.261 e. The van der Waals surface area contributed by atoms with Gasteiger partial charge in [0.1, 0.15) is 0 Å². The first kappa shape index (κ1) is 15.9. The number of nitrogens with one attached hydrogen (secondary N) is 1. The van der Waals surface area contributed by atoms with Crippen LogP contribution in [0.25, 0.3) is 11.1 Å². The van der Waals surface area contributed by atoms with Crippen LogP contribution in [0.15, 0.2) is 36.4 Å². The molecule has 2 atom stereocenters. The maximum Gasteiger partial charge on any atom is 0.261 e. The van der Waals surface area contributed by atoms with E-state index in [9.17, 15) is 4.79 Å². The number of amides is 1. The topological polar surface area (TPSA) is 32.3 Å². The zero-order chi connectivity index (χ0) is 16.7. The molecule has 1 aromatic heterocycles. The highest BCUT2D eigenvalue weighted by Crippen LogP contribution is 2.34. The number of hydrogen-bond acceptors (Lipinski definition) is 3. The summed E-state index contributed by atoms with van der Waals surface area (Å²) in [5.74, 6) is 0.736. The maximum absolute atomic E-state index is 12.8. The van der Waals surface area contributed by atoms with E-state index in [1.165, 1.54) is 41.9 Å². The third-order valence-corrected chi connectivity index (χ3v) is 6.75. The number of hydrogen-bond donors (Lipinski definition) is 1. The number of piperidine rings is 3. The van der Waals surface area contributed by atoms with Crippen LogP contribution in [-0.2, 0) is 0 Å². The lowest BCUT2D eigenvalue weighted by atomic mass is 9.79. The third-order valence-electron chi connectivity index (χ3n) is 5.70. The fourth-order valence-electron chi connectivity index (χ4n) is 4.27. The Bertz CT molecular complexity index is 729. The third kappa shape index (κ3) is 2.78. The summed E-state index contributed by atoms with van der Waals surface area (Å²) >= 11 is 1.60. The average molecular weight is 340 g/mol. The molecule has 0 saturated carbocycles. The van der Waals surface area contributed by atoms with Crippen LogP contribution in [0.5, 0.6) is 0 Å². The predicted octanol–water partition coefficient (Wildman–Crippen LogP) is 3.94. The highest BCUT2D eigenvalue weighted by molar-refractivity contribution is 7.14. The molecular weight excluding hydrogens is 316 g/mol. The van der Waals surface area contributed by atoms with E-state index >= 15 is 0 Å². The second-order valence-electron chi connectivity index (χ2n) is 7.06. The summed E-state index contributed by atoms with van der Waals surface area (Å²) in [5, 5.41) is 3.34. The molecule has 0 unspecified atom stereocenters. The molecule has 126 valence electrons. The summed E-state index contributed by atoms with van der Waals surface area (Å²) in [6, 6.07) is 13.1. The normalized spacial score (nSPS) is 28.8. The van der Waals surface area contributed by atoms with Crippen LogP contribution in [-0.4, -0.2) is 36.0 Å². The van der Waals surface area contributed by atoms with Gasteiger partial charge < -0.3 is 5.32 Å². The minimum absolute atomic E-state index is 0.0934. The molecule has 0 radical (unpaired) electrons. The van der Waals surface area contributed by atoms with Crippen molar-refractivity contribution in [2.45, 2.75) is 38.8 Å². The first-order valence-corrected chi connectivity index (χ1v) is 9.66. The zero-order valence-electron chi connectivity index (χ0n) is 14.3. The number of carbonyl (C=O) groups excluding carboxylic acids is 1. The maximum atomic E-state index is 12.8. The first-order chi connectivity index (χ1) is 11.6. The van der Waals surface area contributed by atoms with Crippen LogP contribution in [0.1, 0.15) is 34.3 Å². The molecule has 3 aliphatic rings. The van der Waals surface area contributed by atoms with Crippen molar-refractivity contribution in [1.29, 1.82) is 0 Å². The summed E-state index contributed by atoms with van der Waals surface area (Å²) in [5.41, 5.74) is 2.36. The Morgan fingerprint density at radius 3 is 2.58 bits per heavy atom. The fraction of sp³-hybridized carbons (Fsp3) is 0.450. The number of benzene rings is 1. The van der Waals surface area contributed by atoms with Crippen molar-refractivity contribution >= 4 is 17.2 Å². The minimum atomic E-state index is 0.0934. The Hall–Kier alpha value is -1.65. The molecular formula is C20H24N2OS. The van der Waals surface area contributed by atoms with Gasteiger partial charge in [0.2, 0.25) is 0 Å². The molecule has 24 heavy (non-hydrogen) atoms. The SMILES string of the molecule is Cc1sc(C(=O)N[C@@H]2C3CCN(CC3)[C@@H]2C)cc1-c1ccccc1. The number of nitrogens with zero attached hydrogens (tertiary/aromatic N) is 1. The van der Waals surface area contributed by atoms with Crippen LogP contribution >= 0.6 is 11.3 Å². The molecule has 1 amide bonds. The second kappa shape index (κ2) is 6.34. The van der Waals surface area contributed by atoms with Gasteiger partial charge in [-0.05, 0) is 62.9 Å². The molecule has 1 N–H and O–H groups in total. The highest BCUT2D eigenvalue weighted by atomic mass is 32.1. The van der Waals surface area contributed by atoms with Gasteiger partial charge in [0.05, 0.1) is 4.88 Å². The molecule has 4 heteroatoms. The van der Waals surface area contributed by atoms with Crippen LogP contribution in [0.2, 0.25) is 0 Å². The Labute approximate surface area is 147 Å². The van der Waals surface area contributed by atoms with Gasteiger partial charge in [-0.2, -0.15) is 0 Å². The van der Waals surface area contributed by atoms with Crippen LogP contribution in [0.4, 0.5) is 0 Å². The number of thiophene rings is 1. The van der Waals surface area contributed by atoms with Crippen LogP contribution < -0.4 is 5.32 Å². The lowest BCUT2D eigenvalue weighted by Crippen LogP contribution is -2.62. The average Bonchev–Trinajstić information content (AvgIpc) is 3.01. The van der Waals surface area contributed by atoms with Crippen molar-refractivity contribution in [1.82, 2.24) is 10.2 Å². The van der Waals surface area contributed by atoms with Crippen LogP contribution in [0.3, 0.4) is 0 Å². The van der Waals surface area contributed by atoms with E-state index in [-0.39, 0.29) is 5.91 Å². The number of aryl methyl sites for hydroxylation is 1. The van der Waals surface area contributed by atoms with Gasteiger partial charge in [-0.25, -0.2) is 0 Å². The standard InChI is InChI=1S/C20H24N2OS/c1-13-19(16-8-10-22(13)11-9-16)21-20(23)18-12-17(14(2)24-18)15-6-4-3-5-7-15/h3-7,12-13,16,19H,8-11H2,1-2H3,(H,21,23)/t13-,19+/m1/s1. The number of carbonyl (C=O) groups is 1. The molecule has 3 saturated heterocycles. The molecule has 3 aliphatic heterocycles. The van der Waals surface area contributed by atoms with Gasteiger partial charge >= 0.3 is 0 Å². The van der Waals surface area contributed by atoms with Crippen molar-refractivity contribution in [3.8, 4) is 11.1 Å². The van der Waals surface area contributed by atoms with Gasteiger partial charge in [0, 0.05) is 17.0 Å². The quantitative estimate of drug-likeness (QED) is 0.918. The van der Waals surface area contributed by atoms with E-state index in [0.29, 0.717) is 18.0 Å². The van der Waals surface area contributed by atoms with E-state index in [1.807, 2.05) is 18.2 Å². The van der Waals surface area contributed by atoms with E-state index in [1.54, 1.807) is 11.3 Å². The van der Waals surface area contributed by atoms with Gasteiger partial charge in [-0.15, -0.1) is 11.3 Å². The number of fused-ring (bicyclic) bond motifs is 3. The second-order valence-corrected chi connectivity index (χ2v) is 8.32. The summed E-state index contributed by atoms with van der Waals surface area (Å²) < 4.78 is 0. The van der Waals surface area contributed by atoms with Gasteiger partial charge in [0.15, 0.2) is 0 Å². The lowest BCUT2D eigenvalue weighted by molar-refractivity contribution is 0.0218. The molecule has 2 aromatic rings. The molecule has 3 nitrogen and oxygen atoms in total. The van der Waals surface area contributed by atoms with Crippen molar-refractivity contribution in [2.24, 2.45) is 5.92 Å². The van der Waals surface area contributed by atoms with Crippen molar-refractivity contribution in [3.63, 3.8) is 0 Å². The molecule has 2 bridgehead atoms. The van der Waals surface area contributed by atoms with E-state index in [0.717, 1.165) is 4.88 Å². The molecule has 5 rings (SSSR count). The summed E-state index contributed by atoms with van der Waals surface area (Å²) in [4.78, 5) is 17.4. The summed E-state index contributed by atoms with van der Waals surface area (Å²) in [7, 11) is 0. The molecule has 0 aliphatic carbocycles.